The van der Waals surface area contributed by atoms with E-state index in [0.717, 1.165) is 30.1 Å². The normalized spacial score (nSPS) is 11.1. The van der Waals surface area contributed by atoms with Crippen LogP contribution in [0.3, 0.4) is 0 Å². The van der Waals surface area contributed by atoms with E-state index in [2.05, 4.69) is 49.1 Å². The van der Waals surface area contributed by atoms with Crippen LogP contribution < -0.4 is 10.5 Å². The summed E-state index contributed by atoms with van der Waals surface area (Å²) in [6, 6.07) is 16.9. The first-order chi connectivity index (χ1) is 10.1. The molecule has 0 atom stereocenters. The highest BCUT2D eigenvalue weighted by Crippen LogP contribution is 2.24. The average Bonchev–Trinajstić information content (AvgIpc) is 2.49. The van der Waals surface area contributed by atoms with Crippen LogP contribution in [-0.4, -0.2) is 18.1 Å². The van der Waals surface area contributed by atoms with Gasteiger partial charge in [0, 0.05) is 36.4 Å². The molecule has 0 spiro atoms. The number of anilines is 1. The van der Waals surface area contributed by atoms with Crippen molar-refractivity contribution < 1.29 is 4.74 Å². The number of nitrogens with zero attached hydrogens (tertiary/aromatic N) is 1. The fraction of sp³-hybridized carbons (Fsp3) is 0.333. The Morgan fingerprint density at radius 2 is 1.76 bits per heavy atom. The summed E-state index contributed by atoms with van der Waals surface area (Å²) in [7, 11) is 1.69. The van der Waals surface area contributed by atoms with Gasteiger partial charge in [0.15, 0.2) is 0 Å². The van der Waals surface area contributed by atoms with Crippen molar-refractivity contribution in [3.63, 3.8) is 0 Å². The predicted octanol–water partition coefficient (Wildman–Crippen LogP) is 3.69. The van der Waals surface area contributed by atoms with Crippen LogP contribution in [0, 0.1) is 0 Å². The number of ether oxygens (including phenoxy) is 1. The number of nitrogen functional groups attached to an aromatic ring is 1. The van der Waals surface area contributed by atoms with Crippen LogP contribution in [-0.2, 0) is 13.1 Å². The molecule has 0 aliphatic rings. The van der Waals surface area contributed by atoms with Crippen LogP contribution in [0.15, 0.2) is 48.5 Å². The monoisotopic (exact) mass is 284 g/mol. The van der Waals surface area contributed by atoms with E-state index in [1.807, 2.05) is 18.2 Å². The molecule has 2 rings (SSSR count). The lowest BCUT2D eigenvalue weighted by Crippen LogP contribution is -2.30. The fourth-order valence-corrected chi connectivity index (χ4v) is 2.35. The molecule has 0 radical (unpaired) electrons. The van der Waals surface area contributed by atoms with Crippen LogP contribution in [0.4, 0.5) is 5.69 Å². The maximum absolute atomic E-state index is 5.82. The van der Waals surface area contributed by atoms with E-state index in [-0.39, 0.29) is 0 Å². The zero-order chi connectivity index (χ0) is 15.2. The van der Waals surface area contributed by atoms with E-state index in [0.29, 0.717) is 6.04 Å². The highest BCUT2D eigenvalue weighted by Gasteiger charge is 2.13. The van der Waals surface area contributed by atoms with Gasteiger partial charge in [-0.15, -0.1) is 0 Å². The Morgan fingerprint density at radius 3 is 2.38 bits per heavy atom. The molecule has 3 heteroatoms. The van der Waals surface area contributed by atoms with Gasteiger partial charge in [0.1, 0.15) is 5.75 Å². The van der Waals surface area contributed by atoms with E-state index >= 15 is 0 Å². The van der Waals surface area contributed by atoms with Crippen molar-refractivity contribution in [2.75, 3.05) is 12.8 Å². The maximum atomic E-state index is 5.82. The first kappa shape index (κ1) is 15.4. The van der Waals surface area contributed by atoms with Gasteiger partial charge in [0.2, 0.25) is 0 Å². The minimum Gasteiger partial charge on any atom is -0.496 e. The molecule has 0 aliphatic heterocycles. The Labute approximate surface area is 127 Å². The zero-order valence-corrected chi connectivity index (χ0v) is 13.0. The summed E-state index contributed by atoms with van der Waals surface area (Å²) in [6.07, 6.45) is 0. The summed E-state index contributed by atoms with van der Waals surface area (Å²) in [4.78, 5) is 2.42. The molecule has 0 fully saturated rings. The van der Waals surface area contributed by atoms with Gasteiger partial charge in [-0.2, -0.15) is 0 Å². The molecule has 0 saturated carbocycles. The van der Waals surface area contributed by atoms with Crippen molar-refractivity contribution in [2.45, 2.75) is 33.0 Å². The van der Waals surface area contributed by atoms with Gasteiger partial charge in [0.05, 0.1) is 7.11 Å². The molecule has 3 nitrogen and oxygen atoms in total. The number of methoxy groups -OCH3 is 1. The van der Waals surface area contributed by atoms with Crippen molar-refractivity contribution in [2.24, 2.45) is 0 Å². The Hall–Kier alpha value is -2.00. The van der Waals surface area contributed by atoms with E-state index in [1.165, 1.54) is 5.56 Å². The molecule has 2 N–H and O–H groups in total. The highest BCUT2D eigenvalue weighted by atomic mass is 16.5. The molecule has 21 heavy (non-hydrogen) atoms. The van der Waals surface area contributed by atoms with Crippen LogP contribution in [0.2, 0.25) is 0 Å². The number of hydrogen-bond acceptors (Lipinski definition) is 3. The molecule has 0 saturated heterocycles. The van der Waals surface area contributed by atoms with Crippen LogP contribution >= 0.6 is 0 Å². The summed E-state index contributed by atoms with van der Waals surface area (Å²) in [5, 5.41) is 0. The maximum Gasteiger partial charge on any atom is 0.125 e. The standard InChI is InChI=1S/C18H24N2O/c1-14(2)20(12-15-7-5-4-6-8-15)13-16-9-10-17(19)11-18(16)21-3/h4-11,14H,12-13,19H2,1-3H3. The van der Waals surface area contributed by atoms with E-state index in [1.54, 1.807) is 7.11 Å². The van der Waals surface area contributed by atoms with Crippen molar-refractivity contribution in [1.29, 1.82) is 0 Å². The molecule has 0 bridgehead atoms. The fourth-order valence-electron chi connectivity index (χ4n) is 2.35. The smallest absolute Gasteiger partial charge is 0.125 e. The topological polar surface area (TPSA) is 38.5 Å². The Balaban J connectivity index is 2.17. The van der Waals surface area contributed by atoms with Gasteiger partial charge < -0.3 is 10.5 Å². The van der Waals surface area contributed by atoms with Gasteiger partial charge in [-0.05, 0) is 25.5 Å². The van der Waals surface area contributed by atoms with Crippen LogP contribution in [0.25, 0.3) is 0 Å². The number of hydrogen-bond donors (Lipinski definition) is 1. The Bertz CT molecular complexity index is 567. The van der Waals surface area contributed by atoms with Gasteiger partial charge >= 0.3 is 0 Å². The third-order valence-corrected chi connectivity index (χ3v) is 3.64. The third kappa shape index (κ3) is 4.23. The first-order valence-electron chi connectivity index (χ1n) is 7.30. The molecular formula is C18H24N2O. The summed E-state index contributed by atoms with van der Waals surface area (Å²) >= 11 is 0. The minimum absolute atomic E-state index is 0.451. The lowest BCUT2D eigenvalue weighted by Gasteiger charge is -2.27. The summed E-state index contributed by atoms with van der Waals surface area (Å²) in [5.74, 6) is 0.855. The molecule has 0 amide bonds. The Kier molecular flexibility index (Phi) is 5.23. The van der Waals surface area contributed by atoms with Crippen molar-refractivity contribution >= 4 is 5.69 Å². The molecule has 0 aromatic heterocycles. The van der Waals surface area contributed by atoms with Gasteiger partial charge in [-0.3, -0.25) is 4.90 Å². The largest absolute Gasteiger partial charge is 0.496 e. The van der Waals surface area contributed by atoms with Gasteiger partial charge in [-0.1, -0.05) is 36.4 Å². The second-order valence-electron chi connectivity index (χ2n) is 5.56. The number of nitrogens with two attached hydrogens (primary N) is 1. The predicted molar refractivity (Wildman–Crippen MR) is 88.2 cm³/mol. The molecule has 2 aromatic rings. The summed E-state index contributed by atoms with van der Waals surface area (Å²) < 4.78 is 5.45. The second-order valence-corrected chi connectivity index (χ2v) is 5.56. The average molecular weight is 284 g/mol. The van der Waals surface area contributed by atoms with E-state index < -0.39 is 0 Å². The summed E-state index contributed by atoms with van der Waals surface area (Å²) in [5.41, 5.74) is 9.04. The van der Waals surface area contributed by atoms with Crippen molar-refractivity contribution in [3.8, 4) is 5.75 Å². The molecule has 2 aromatic carbocycles. The van der Waals surface area contributed by atoms with Crippen molar-refractivity contribution in [1.82, 2.24) is 4.90 Å². The lowest BCUT2D eigenvalue weighted by atomic mass is 10.1. The highest BCUT2D eigenvalue weighted by molar-refractivity contribution is 5.48. The van der Waals surface area contributed by atoms with E-state index in [4.69, 9.17) is 10.5 Å². The minimum atomic E-state index is 0.451. The molecule has 0 aliphatic carbocycles. The second kappa shape index (κ2) is 7.14. The van der Waals surface area contributed by atoms with Crippen LogP contribution in [0.5, 0.6) is 5.75 Å². The van der Waals surface area contributed by atoms with E-state index in [9.17, 15) is 0 Å². The quantitative estimate of drug-likeness (QED) is 0.822. The molecule has 112 valence electrons. The third-order valence-electron chi connectivity index (χ3n) is 3.64. The zero-order valence-electron chi connectivity index (χ0n) is 13.0. The molecule has 0 heterocycles. The number of benzene rings is 2. The molecule has 0 unspecified atom stereocenters. The first-order valence-corrected chi connectivity index (χ1v) is 7.30. The van der Waals surface area contributed by atoms with Crippen molar-refractivity contribution in [3.05, 3.63) is 59.7 Å². The van der Waals surface area contributed by atoms with Gasteiger partial charge in [-0.25, -0.2) is 0 Å². The molecular weight excluding hydrogens is 260 g/mol. The SMILES string of the molecule is COc1cc(N)ccc1CN(Cc1ccccc1)C(C)C. The summed E-state index contributed by atoms with van der Waals surface area (Å²) in [6.45, 7) is 6.20. The van der Waals surface area contributed by atoms with Crippen LogP contribution in [0.1, 0.15) is 25.0 Å². The Morgan fingerprint density at radius 1 is 1.05 bits per heavy atom. The number of rotatable bonds is 6. The lowest BCUT2D eigenvalue weighted by molar-refractivity contribution is 0.201. The van der Waals surface area contributed by atoms with Gasteiger partial charge in [0.25, 0.3) is 0 Å².